The number of sulfonamides is 1. The number of unbranched alkanes of at least 4 members (excludes halogenated alkanes) is 1. The maximum absolute atomic E-state index is 13.5. The van der Waals surface area contributed by atoms with Gasteiger partial charge in [-0.2, -0.15) is 13.2 Å². The van der Waals surface area contributed by atoms with Crippen LogP contribution in [-0.4, -0.2) is 50.5 Å². The molecule has 1 atom stereocenters. The molecule has 0 aliphatic carbocycles. The van der Waals surface area contributed by atoms with Gasteiger partial charge in [-0.15, -0.1) is 0 Å². The Labute approximate surface area is 243 Å². The Balaban J connectivity index is 2.27. The Morgan fingerprint density at radius 1 is 1.05 bits per heavy atom. The Bertz CT molecular complexity index is 1280. The highest BCUT2D eigenvalue weighted by Gasteiger charge is 2.32. The van der Waals surface area contributed by atoms with Gasteiger partial charge in [0.15, 0.2) is 0 Å². The number of anilines is 1. The molecule has 2 amide bonds. The molecule has 0 fully saturated rings. The van der Waals surface area contributed by atoms with Crippen molar-refractivity contribution in [3.63, 3.8) is 0 Å². The first-order chi connectivity index (χ1) is 18.7. The lowest BCUT2D eigenvalue weighted by molar-refractivity contribution is -0.141. The fourth-order valence-corrected chi connectivity index (χ4v) is 5.53. The molecule has 0 unspecified atom stereocenters. The first kappa shape index (κ1) is 33.7. The van der Waals surface area contributed by atoms with Gasteiger partial charge in [-0.25, -0.2) is 8.42 Å². The summed E-state index contributed by atoms with van der Waals surface area (Å²) >= 11 is 12.3. The molecular weight excluding hydrogens is 590 g/mol. The molecule has 2 rings (SSSR count). The summed E-state index contributed by atoms with van der Waals surface area (Å²) in [6, 6.07) is 7.99. The lowest BCUT2D eigenvalue weighted by Gasteiger charge is -2.31. The van der Waals surface area contributed by atoms with E-state index in [-0.39, 0.29) is 37.5 Å². The third-order valence-electron chi connectivity index (χ3n) is 6.18. The standard InChI is InChI=1S/C27H34Cl2F3N3O4S/c1-4-6-14-33-26(37)24(5-2)34(18-19-12-13-21(28)17-23(19)29)25(36)11-8-15-35(40(3,38)39)22-10-7-9-20(16-22)27(30,31)32/h7,9-10,12-13,16-17,24H,4-6,8,11,14-15,18H2,1-3H3,(H,33,37)/t24-/m1/s1. The van der Waals surface area contributed by atoms with E-state index in [9.17, 15) is 31.2 Å². The van der Waals surface area contributed by atoms with E-state index in [1.807, 2.05) is 6.92 Å². The highest BCUT2D eigenvalue weighted by Crippen LogP contribution is 2.32. The van der Waals surface area contributed by atoms with Crippen molar-refractivity contribution in [2.75, 3.05) is 23.7 Å². The summed E-state index contributed by atoms with van der Waals surface area (Å²) < 4.78 is 65.4. The maximum Gasteiger partial charge on any atom is 0.416 e. The van der Waals surface area contributed by atoms with Crippen molar-refractivity contribution in [1.82, 2.24) is 10.2 Å². The van der Waals surface area contributed by atoms with Gasteiger partial charge in [0.1, 0.15) is 6.04 Å². The van der Waals surface area contributed by atoms with E-state index in [1.165, 1.54) is 17.0 Å². The summed E-state index contributed by atoms with van der Waals surface area (Å²) in [7, 11) is -3.96. The van der Waals surface area contributed by atoms with Gasteiger partial charge < -0.3 is 10.2 Å². The Hall–Kier alpha value is -2.50. The summed E-state index contributed by atoms with van der Waals surface area (Å²) in [5.41, 5.74) is -0.571. The quantitative estimate of drug-likeness (QED) is 0.251. The predicted octanol–water partition coefficient (Wildman–Crippen LogP) is 6.28. The zero-order chi connectivity index (χ0) is 30.1. The Kier molecular flexibility index (Phi) is 12.6. The minimum atomic E-state index is -4.65. The molecule has 222 valence electrons. The fraction of sp³-hybridized carbons (Fsp3) is 0.481. The maximum atomic E-state index is 13.5. The normalized spacial score (nSPS) is 12.6. The Morgan fingerprint density at radius 3 is 2.33 bits per heavy atom. The molecule has 0 aromatic heterocycles. The van der Waals surface area contributed by atoms with E-state index in [0.717, 1.165) is 41.6 Å². The molecule has 0 aliphatic rings. The van der Waals surface area contributed by atoms with Crippen molar-refractivity contribution < 1.29 is 31.2 Å². The minimum absolute atomic E-state index is 0.000880. The summed E-state index contributed by atoms with van der Waals surface area (Å²) in [6.45, 7) is 3.99. The van der Waals surface area contributed by atoms with Crippen LogP contribution in [0.4, 0.5) is 18.9 Å². The topological polar surface area (TPSA) is 86.8 Å². The molecule has 40 heavy (non-hydrogen) atoms. The van der Waals surface area contributed by atoms with Crippen LogP contribution in [0.15, 0.2) is 42.5 Å². The number of nitrogens with one attached hydrogen (secondary N) is 1. The number of carbonyl (C=O) groups is 2. The van der Waals surface area contributed by atoms with Crippen LogP contribution >= 0.6 is 23.2 Å². The number of nitrogens with zero attached hydrogens (tertiary/aromatic N) is 2. The van der Waals surface area contributed by atoms with Crippen LogP contribution in [0.1, 0.15) is 57.1 Å². The average Bonchev–Trinajstić information content (AvgIpc) is 2.86. The van der Waals surface area contributed by atoms with Crippen LogP contribution in [0.3, 0.4) is 0 Å². The van der Waals surface area contributed by atoms with Gasteiger partial charge in [0.25, 0.3) is 0 Å². The zero-order valence-electron chi connectivity index (χ0n) is 22.6. The molecular formula is C27H34Cl2F3N3O4S. The van der Waals surface area contributed by atoms with Gasteiger partial charge in [-0.3, -0.25) is 13.9 Å². The van der Waals surface area contributed by atoms with Crippen LogP contribution in [0.5, 0.6) is 0 Å². The largest absolute Gasteiger partial charge is 0.416 e. The number of alkyl halides is 3. The number of hydrogen-bond acceptors (Lipinski definition) is 4. The average molecular weight is 625 g/mol. The first-order valence-electron chi connectivity index (χ1n) is 12.8. The SMILES string of the molecule is CCCCNC(=O)[C@@H](CC)N(Cc1ccc(Cl)cc1Cl)C(=O)CCCN(c1cccc(C(F)(F)F)c1)S(C)(=O)=O. The van der Waals surface area contributed by atoms with Gasteiger partial charge in [0.2, 0.25) is 21.8 Å². The number of amides is 2. The second-order valence-corrected chi connectivity index (χ2v) is 12.1. The van der Waals surface area contributed by atoms with Gasteiger partial charge in [0.05, 0.1) is 17.5 Å². The number of halogens is 5. The molecule has 0 heterocycles. The summed E-state index contributed by atoms with van der Waals surface area (Å²) in [4.78, 5) is 27.9. The monoisotopic (exact) mass is 623 g/mol. The van der Waals surface area contributed by atoms with Crippen LogP contribution < -0.4 is 9.62 Å². The third-order valence-corrected chi connectivity index (χ3v) is 7.97. The van der Waals surface area contributed by atoms with Crippen LogP contribution in [0.25, 0.3) is 0 Å². The lowest BCUT2D eigenvalue weighted by Crippen LogP contribution is -2.49. The zero-order valence-corrected chi connectivity index (χ0v) is 24.9. The molecule has 13 heteroatoms. The second-order valence-electron chi connectivity index (χ2n) is 9.31. The van der Waals surface area contributed by atoms with E-state index in [0.29, 0.717) is 28.6 Å². The van der Waals surface area contributed by atoms with Gasteiger partial charge >= 0.3 is 6.18 Å². The van der Waals surface area contributed by atoms with Gasteiger partial charge in [-0.1, -0.05) is 55.6 Å². The molecule has 2 aromatic rings. The molecule has 0 aliphatic heterocycles. The molecule has 0 saturated carbocycles. The smallest absolute Gasteiger partial charge is 0.354 e. The van der Waals surface area contributed by atoms with E-state index in [1.54, 1.807) is 19.1 Å². The van der Waals surface area contributed by atoms with E-state index in [2.05, 4.69) is 5.32 Å². The summed E-state index contributed by atoms with van der Waals surface area (Å²) in [5.74, 6) is -0.753. The van der Waals surface area contributed by atoms with Crippen LogP contribution in [0.2, 0.25) is 10.0 Å². The van der Waals surface area contributed by atoms with E-state index in [4.69, 9.17) is 23.2 Å². The van der Waals surface area contributed by atoms with Gasteiger partial charge in [0, 0.05) is 36.1 Å². The third kappa shape index (κ3) is 9.85. The molecule has 1 N–H and O–H groups in total. The van der Waals surface area contributed by atoms with Crippen molar-refractivity contribution >= 4 is 50.7 Å². The van der Waals surface area contributed by atoms with Crippen molar-refractivity contribution in [1.29, 1.82) is 0 Å². The summed E-state index contributed by atoms with van der Waals surface area (Å²) in [5, 5.41) is 3.57. The molecule has 0 saturated heterocycles. The number of carbonyl (C=O) groups excluding carboxylic acids is 2. The highest BCUT2D eigenvalue weighted by atomic mass is 35.5. The lowest BCUT2D eigenvalue weighted by atomic mass is 10.1. The fourth-order valence-electron chi connectivity index (χ4n) is 4.10. The van der Waals surface area contributed by atoms with E-state index >= 15 is 0 Å². The van der Waals surface area contributed by atoms with Gasteiger partial charge in [-0.05, 0) is 55.2 Å². The number of hydrogen-bond donors (Lipinski definition) is 1. The van der Waals surface area contributed by atoms with Crippen LogP contribution in [-0.2, 0) is 32.3 Å². The first-order valence-corrected chi connectivity index (χ1v) is 15.5. The highest BCUT2D eigenvalue weighted by molar-refractivity contribution is 7.92. The van der Waals surface area contributed by atoms with Crippen molar-refractivity contribution in [3.8, 4) is 0 Å². The number of benzene rings is 2. The molecule has 7 nitrogen and oxygen atoms in total. The number of rotatable bonds is 14. The van der Waals surface area contributed by atoms with Crippen molar-refractivity contribution in [2.45, 2.75) is 64.7 Å². The van der Waals surface area contributed by atoms with E-state index < -0.39 is 33.7 Å². The van der Waals surface area contributed by atoms with Crippen molar-refractivity contribution in [3.05, 3.63) is 63.6 Å². The molecule has 2 aromatic carbocycles. The molecule has 0 spiro atoms. The Morgan fingerprint density at radius 2 is 1.75 bits per heavy atom. The summed E-state index contributed by atoms with van der Waals surface area (Å²) in [6.07, 6.45) is -1.95. The molecule has 0 radical (unpaired) electrons. The van der Waals surface area contributed by atoms with Crippen molar-refractivity contribution in [2.24, 2.45) is 0 Å². The minimum Gasteiger partial charge on any atom is -0.354 e. The second kappa shape index (κ2) is 14.9. The predicted molar refractivity (Wildman–Crippen MR) is 152 cm³/mol. The van der Waals surface area contributed by atoms with Crippen LogP contribution in [0, 0.1) is 0 Å². The molecule has 0 bridgehead atoms.